The molecule has 0 spiro atoms. The SMILES string of the molecule is COc1sc(CN[C@H]2CCCO[C@@H]2c2ccncc2)cc1Br. The van der Waals surface area contributed by atoms with Crippen molar-refractivity contribution in [3.63, 3.8) is 0 Å². The average Bonchev–Trinajstić information content (AvgIpc) is 2.94. The second-order valence-corrected chi connectivity index (χ2v) is 7.21. The summed E-state index contributed by atoms with van der Waals surface area (Å²) in [4.78, 5) is 5.34. The number of nitrogens with zero attached hydrogens (tertiary/aromatic N) is 1. The van der Waals surface area contributed by atoms with Gasteiger partial charge in [-0.3, -0.25) is 4.98 Å². The maximum absolute atomic E-state index is 5.99. The number of hydrogen-bond acceptors (Lipinski definition) is 5. The predicted octanol–water partition coefficient (Wildman–Crippen LogP) is 3.92. The van der Waals surface area contributed by atoms with Gasteiger partial charge >= 0.3 is 0 Å². The Hall–Kier alpha value is -0.950. The smallest absolute Gasteiger partial charge is 0.188 e. The first kappa shape index (κ1) is 15.9. The predicted molar refractivity (Wildman–Crippen MR) is 91.4 cm³/mol. The van der Waals surface area contributed by atoms with Crippen molar-refractivity contribution < 1.29 is 9.47 Å². The molecule has 1 aliphatic heterocycles. The highest BCUT2D eigenvalue weighted by atomic mass is 79.9. The maximum atomic E-state index is 5.99. The molecule has 1 N–H and O–H groups in total. The second-order valence-electron chi connectivity index (χ2n) is 5.25. The Balaban J connectivity index is 1.66. The summed E-state index contributed by atoms with van der Waals surface area (Å²) >= 11 is 5.18. The number of hydrogen-bond donors (Lipinski definition) is 1. The molecular weight excluding hydrogens is 364 g/mol. The van der Waals surface area contributed by atoms with Crippen LogP contribution in [0, 0.1) is 0 Å². The standard InChI is InChI=1S/C16H19BrN2O2S/c1-20-16-13(17)9-12(22-16)10-19-14-3-2-8-21-15(14)11-4-6-18-7-5-11/h4-7,9,14-15,19H,2-3,8,10H2,1H3/t14-,15+/m0/s1. The van der Waals surface area contributed by atoms with Gasteiger partial charge in [-0.1, -0.05) is 0 Å². The van der Waals surface area contributed by atoms with Gasteiger partial charge in [0, 0.05) is 36.5 Å². The van der Waals surface area contributed by atoms with Crippen molar-refractivity contribution in [2.45, 2.75) is 31.5 Å². The fourth-order valence-corrected chi connectivity index (χ4v) is 4.37. The highest BCUT2D eigenvalue weighted by Gasteiger charge is 2.27. The van der Waals surface area contributed by atoms with E-state index in [1.807, 2.05) is 24.5 Å². The quantitative estimate of drug-likeness (QED) is 0.850. The molecule has 1 saturated heterocycles. The molecule has 0 aromatic carbocycles. The molecule has 1 fully saturated rings. The molecule has 3 rings (SSSR count). The van der Waals surface area contributed by atoms with Crippen LogP contribution in [-0.4, -0.2) is 24.7 Å². The number of nitrogens with one attached hydrogen (secondary N) is 1. The average molecular weight is 383 g/mol. The first-order chi connectivity index (χ1) is 10.8. The third-order valence-corrected chi connectivity index (χ3v) is 5.74. The first-order valence-corrected chi connectivity index (χ1v) is 8.96. The van der Waals surface area contributed by atoms with Crippen LogP contribution in [0.15, 0.2) is 35.1 Å². The Morgan fingerprint density at radius 3 is 3.00 bits per heavy atom. The number of thiophene rings is 1. The van der Waals surface area contributed by atoms with Gasteiger partial charge in [-0.25, -0.2) is 0 Å². The fourth-order valence-electron chi connectivity index (χ4n) is 2.73. The van der Waals surface area contributed by atoms with Gasteiger partial charge in [-0.2, -0.15) is 0 Å². The summed E-state index contributed by atoms with van der Waals surface area (Å²) in [5, 5.41) is 4.56. The minimum absolute atomic E-state index is 0.0991. The van der Waals surface area contributed by atoms with E-state index in [0.29, 0.717) is 6.04 Å². The van der Waals surface area contributed by atoms with E-state index in [9.17, 15) is 0 Å². The van der Waals surface area contributed by atoms with Crippen molar-refractivity contribution in [1.82, 2.24) is 10.3 Å². The van der Waals surface area contributed by atoms with Crippen LogP contribution in [0.5, 0.6) is 5.06 Å². The zero-order valence-corrected chi connectivity index (χ0v) is 14.8. The first-order valence-electron chi connectivity index (χ1n) is 7.35. The number of aromatic nitrogens is 1. The lowest BCUT2D eigenvalue weighted by atomic mass is 9.96. The largest absolute Gasteiger partial charge is 0.486 e. The third-order valence-electron chi connectivity index (χ3n) is 3.79. The summed E-state index contributed by atoms with van der Waals surface area (Å²) in [7, 11) is 1.70. The van der Waals surface area contributed by atoms with Gasteiger partial charge in [0.25, 0.3) is 0 Å². The summed E-state index contributed by atoms with van der Waals surface area (Å²) < 4.78 is 12.3. The van der Waals surface area contributed by atoms with E-state index >= 15 is 0 Å². The zero-order chi connectivity index (χ0) is 15.4. The lowest BCUT2D eigenvalue weighted by molar-refractivity contribution is -0.0111. The normalized spacial score (nSPS) is 21.7. The van der Waals surface area contributed by atoms with Gasteiger partial charge in [-0.05, 0) is 52.5 Å². The van der Waals surface area contributed by atoms with Crippen molar-refractivity contribution in [2.24, 2.45) is 0 Å². The Morgan fingerprint density at radius 2 is 2.27 bits per heavy atom. The minimum Gasteiger partial charge on any atom is -0.486 e. The van der Waals surface area contributed by atoms with E-state index in [1.165, 1.54) is 10.4 Å². The second kappa shape index (κ2) is 7.55. The summed E-state index contributed by atoms with van der Waals surface area (Å²) in [5.74, 6) is 0. The van der Waals surface area contributed by atoms with Crippen LogP contribution in [0.25, 0.3) is 0 Å². The Labute approximate surface area is 143 Å². The molecule has 4 nitrogen and oxygen atoms in total. The molecular formula is C16H19BrN2O2S. The lowest BCUT2D eigenvalue weighted by Gasteiger charge is -2.32. The Morgan fingerprint density at radius 1 is 1.45 bits per heavy atom. The molecule has 2 aromatic heterocycles. The van der Waals surface area contributed by atoms with Gasteiger partial charge < -0.3 is 14.8 Å². The lowest BCUT2D eigenvalue weighted by Crippen LogP contribution is -2.39. The molecule has 0 aliphatic carbocycles. The van der Waals surface area contributed by atoms with E-state index in [0.717, 1.165) is 35.5 Å². The number of pyridine rings is 1. The van der Waals surface area contributed by atoms with E-state index in [-0.39, 0.29) is 6.10 Å². The van der Waals surface area contributed by atoms with E-state index in [2.05, 4.69) is 32.3 Å². The van der Waals surface area contributed by atoms with Crippen LogP contribution >= 0.6 is 27.3 Å². The summed E-state index contributed by atoms with van der Waals surface area (Å²) in [6, 6.07) is 6.51. The molecule has 0 bridgehead atoms. The van der Waals surface area contributed by atoms with Gasteiger partial charge in [0.2, 0.25) is 0 Å². The van der Waals surface area contributed by atoms with Gasteiger partial charge in [0.15, 0.2) is 5.06 Å². The number of methoxy groups -OCH3 is 1. The third kappa shape index (κ3) is 3.68. The van der Waals surface area contributed by atoms with E-state index in [4.69, 9.17) is 9.47 Å². The molecule has 3 heterocycles. The highest BCUT2D eigenvalue weighted by molar-refractivity contribution is 9.10. The Kier molecular flexibility index (Phi) is 5.46. The zero-order valence-electron chi connectivity index (χ0n) is 12.4. The fraction of sp³-hybridized carbons (Fsp3) is 0.438. The number of rotatable bonds is 5. The maximum Gasteiger partial charge on any atom is 0.188 e. The van der Waals surface area contributed by atoms with E-state index < -0.39 is 0 Å². The van der Waals surface area contributed by atoms with Crippen LogP contribution in [0.2, 0.25) is 0 Å². The number of ether oxygens (including phenoxy) is 2. The van der Waals surface area contributed by atoms with Crippen molar-refractivity contribution in [1.29, 1.82) is 0 Å². The molecule has 2 atom stereocenters. The summed E-state index contributed by atoms with van der Waals surface area (Å²) in [6.45, 7) is 1.64. The molecule has 0 unspecified atom stereocenters. The topological polar surface area (TPSA) is 43.4 Å². The highest BCUT2D eigenvalue weighted by Crippen LogP contribution is 2.35. The molecule has 1 aliphatic rings. The Bertz CT molecular complexity index is 605. The summed E-state index contributed by atoms with van der Waals surface area (Å²) in [5.41, 5.74) is 1.19. The summed E-state index contributed by atoms with van der Waals surface area (Å²) in [6.07, 6.45) is 5.96. The van der Waals surface area contributed by atoms with E-state index in [1.54, 1.807) is 18.4 Å². The molecule has 0 radical (unpaired) electrons. The van der Waals surface area contributed by atoms with Crippen molar-refractivity contribution in [3.05, 3.63) is 45.5 Å². The van der Waals surface area contributed by atoms with Crippen LogP contribution in [0.4, 0.5) is 0 Å². The van der Waals surface area contributed by atoms with Crippen LogP contribution in [0.1, 0.15) is 29.4 Å². The van der Waals surface area contributed by atoms with Crippen LogP contribution in [-0.2, 0) is 11.3 Å². The van der Waals surface area contributed by atoms with Gasteiger partial charge in [0.05, 0.1) is 17.7 Å². The molecule has 2 aromatic rings. The van der Waals surface area contributed by atoms with Gasteiger partial charge in [-0.15, -0.1) is 11.3 Å². The molecule has 118 valence electrons. The van der Waals surface area contributed by atoms with Crippen LogP contribution < -0.4 is 10.1 Å². The monoisotopic (exact) mass is 382 g/mol. The molecule has 0 amide bonds. The van der Waals surface area contributed by atoms with Crippen molar-refractivity contribution in [2.75, 3.05) is 13.7 Å². The molecule has 22 heavy (non-hydrogen) atoms. The van der Waals surface area contributed by atoms with Gasteiger partial charge in [0.1, 0.15) is 0 Å². The van der Waals surface area contributed by atoms with Crippen LogP contribution in [0.3, 0.4) is 0 Å². The number of halogens is 1. The van der Waals surface area contributed by atoms with Crippen molar-refractivity contribution in [3.8, 4) is 5.06 Å². The van der Waals surface area contributed by atoms with Crippen molar-refractivity contribution >= 4 is 27.3 Å². The molecule has 6 heteroatoms. The minimum atomic E-state index is 0.0991. The molecule has 0 saturated carbocycles.